The van der Waals surface area contributed by atoms with Crippen LogP contribution in [-0.2, 0) is 11.3 Å². The fourth-order valence-electron chi connectivity index (χ4n) is 4.58. The zero-order valence-electron chi connectivity index (χ0n) is 20.1. The molecule has 2 aromatic carbocycles. The Balaban J connectivity index is 1.28. The van der Waals surface area contributed by atoms with Crippen molar-refractivity contribution in [1.29, 1.82) is 0 Å². The molecule has 5 rings (SSSR count). The van der Waals surface area contributed by atoms with Crippen LogP contribution in [0.3, 0.4) is 0 Å². The molecule has 1 aliphatic rings. The largest absolute Gasteiger partial charge is 0.448 e. The van der Waals surface area contributed by atoms with E-state index < -0.39 is 6.09 Å². The van der Waals surface area contributed by atoms with Crippen molar-refractivity contribution in [2.75, 3.05) is 25.5 Å². The first-order valence-electron chi connectivity index (χ1n) is 12.0. The summed E-state index contributed by atoms with van der Waals surface area (Å²) in [6.07, 6.45) is 4.63. The molecule has 1 aliphatic heterocycles. The second-order valence-corrected chi connectivity index (χ2v) is 9.13. The normalized spacial score (nSPS) is 16.2. The highest BCUT2D eigenvalue weighted by molar-refractivity contribution is 5.84. The molecule has 1 amide bonds. The van der Waals surface area contributed by atoms with E-state index in [1.54, 1.807) is 41.1 Å². The molecule has 1 saturated heterocycles. The zero-order chi connectivity index (χ0) is 25.1. The van der Waals surface area contributed by atoms with Crippen LogP contribution in [0.25, 0.3) is 16.7 Å². The van der Waals surface area contributed by atoms with E-state index in [0.29, 0.717) is 23.6 Å². The van der Waals surface area contributed by atoms with Crippen LogP contribution in [-0.4, -0.2) is 51.6 Å². The predicted molar refractivity (Wildman–Crippen MR) is 136 cm³/mol. The Morgan fingerprint density at radius 3 is 2.89 bits per heavy atom. The number of likely N-dealkylation sites (tertiary alicyclic amines) is 1. The number of amides is 1. The Labute approximate surface area is 207 Å². The van der Waals surface area contributed by atoms with E-state index in [1.807, 2.05) is 12.1 Å². The smallest absolute Gasteiger partial charge is 0.411 e. The second-order valence-electron chi connectivity index (χ2n) is 9.13. The van der Waals surface area contributed by atoms with Gasteiger partial charge in [0, 0.05) is 29.4 Å². The number of nitrogens with zero attached hydrogens (tertiary/aromatic N) is 4. The number of rotatable bonds is 6. The topological polar surface area (TPSA) is 81.4 Å². The van der Waals surface area contributed by atoms with Crippen LogP contribution in [0.5, 0.6) is 0 Å². The van der Waals surface area contributed by atoms with Crippen LogP contribution < -0.4 is 10.9 Å². The number of benzene rings is 2. The monoisotopic (exact) mass is 489 g/mol. The lowest BCUT2D eigenvalue weighted by Crippen LogP contribution is -2.40. The fourth-order valence-corrected chi connectivity index (χ4v) is 4.58. The molecule has 1 atom stereocenters. The number of nitrogens with one attached hydrogen (secondary N) is 1. The quantitative estimate of drug-likeness (QED) is 0.434. The molecule has 186 valence electrons. The first-order chi connectivity index (χ1) is 17.5. The number of halogens is 1. The summed E-state index contributed by atoms with van der Waals surface area (Å²) in [7, 11) is 2.05. The summed E-state index contributed by atoms with van der Waals surface area (Å²) in [4.78, 5) is 27.1. The lowest BCUT2D eigenvalue weighted by Gasteiger charge is -2.31. The van der Waals surface area contributed by atoms with Crippen LogP contribution in [0, 0.1) is 5.82 Å². The molecule has 1 N–H and O–H groups in total. The summed E-state index contributed by atoms with van der Waals surface area (Å²) in [5.74, 6) is 0.158. The number of carbonyl (C=O) groups is 1. The molecule has 1 unspecified atom stereocenters. The highest BCUT2D eigenvalue weighted by Gasteiger charge is 2.20. The maximum Gasteiger partial charge on any atom is 0.411 e. The van der Waals surface area contributed by atoms with E-state index in [4.69, 9.17) is 4.74 Å². The van der Waals surface area contributed by atoms with Crippen LogP contribution in [0.1, 0.15) is 24.8 Å². The number of aromatic nitrogens is 3. The van der Waals surface area contributed by atoms with Crippen molar-refractivity contribution >= 4 is 22.7 Å². The van der Waals surface area contributed by atoms with Gasteiger partial charge in [0.15, 0.2) is 5.82 Å². The number of ether oxygens (including phenoxy) is 1. The van der Waals surface area contributed by atoms with Crippen molar-refractivity contribution in [3.05, 3.63) is 88.6 Å². The average molecular weight is 490 g/mol. The Bertz CT molecular complexity index is 1450. The minimum atomic E-state index is -0.505. The Hall–Kier alpha value is -3.98. The average Bonchev–Trinajstić information content (AvgIpc) is 3.28. The number of hydrogen-bond acceptors (Lipinski definition) is 5. The maximum atomic E-state index is 13.8. The Kier molecular flexibility index (Phi) is 6.81. The SMILES string of the molecule is CN1CCCCC1COC(=O)Nc1cccc(Cn2nc(-n3ccc4ccc(F)cc43)ccc2=O)c1. The van der Waals surface area contributed by atoms with Gasteiger partial charge in [-0.3, -0.25) is 14.7 Å². The molecule has 0 aliphatic carbocycles. The molecule has 3 heterocycles. The van der Waals surface area contributed by atoms with Gasteiger partial charge in [-0.1, -0.05) is 18.6 Å². The Morgan fingerprint density at radius 2 is 2.03 bits per heavy atom. The second kappa shape index (κ2) is 10.3. The summed E-state index contributed by atoms with van der Waals surface area (Å²) >= 11 is 0. The summed E-state index contributed by atoms with van der Waals surface area (Å²) in [6.45, 7) is 1.58. The van der Waals surface area contributed by atoms with Gasteiger partial charge in [-0.15, -0.1) is 0 Å². The maximum absolute atomic E-state index is 13.8. The zero-order valence-corrected chi connectivity index (χ0v) is 20.1. The van der Waals surface area contributed by atoms with Crippen LogP contribution in [0.15, 0.2) is 71.7 Å². The number of piperidine rings is 1. The standard InChI is InChI=1S/C27H28FN5O3/c1-31-13-3-2-7-23(31)18-36-27(35)29-22-6-4-5-19(15-22)17-33-26(34)11-10-25(30-33)32-14-12-20-8-9-21(28)16-24(20)32/h4-6,8-12,14-16,23H,2-3,7,13,17-18H2,1H3,(H,29,35). The van der Waals surface area contributed by atoms with Gasteiger partial charge in [0.1, 0.15) is 12.4 Å². The van der Waals surface area contributed by atoms with Crippen molar-refractivity contribution in [2.45, 2.75) is 31.8 Å². The van der Waals surface area contributed by atoms with Gasteiger partial charge in [-0.2, -0.15) is 5.10 Å². The van der Waals surface area contributed by atoms with Gasteiger partial charge in [0.25, 0.3) is 5.56 Å². The first kappa shape index (κ1) is 23.7. The van der Waals surface area contributed by atoms with E-state index in [9.17, 15) is 14.0 Å². The predicted octanol–water partition coefficient (Wildman–Crippen LogP) is 4.41. The molecule has 2 aromatic heterocycles. The molecule has 0 saturated carbocycles. The molecule has 4 aromatic rings. The van der Waals surface area contributed by atoms with Gasteiger partial charge in [0.05, 0.1) is 12.1 Å². The van der Waals surface area contributed by atoms with Gasteiger partial charge >= 0.3 is 6.09 Å². The van der Waals surface area contributed by atoms with E-state index in [-0.39, 0.29) is 24.0 Å². The highest BCUT2D eigenvalue weighted by atomic mass is 19.1. The molecule has 1 fully saturated rings. The Morgan fingerprint density at radius 1 is 1.14 bits per heavy atom. The molecule has 9 heteroatoms. The third-order valence-corrected chi connectivity index (χ3v) is 6.59. The van der Waals surface area contributed by atoms with Crippen molar-refractivity contribution in [3.63, 3.8) is 0 Å². The lowest BCUT2D eigenvalue weighted by atomic mass is 10.0. The van der Waals surface area contributed by atoms with E-state index in [0.717, 1.165) is 30.3 Å². The van der Waals surface area contributed by atoms with Crippen molar-refractivity contribution in [1.82, 2.24) is 19.2 Å². The van der Waals surface area contributed by atoms with Crippen molar-refractivity contribution in [2.24, 2.45) is 0 Å². The summed E-state index contributed by atoms with van der Waals surface area (Å²) in [5.41, 5.74) is 1.76. The summed E-state index contributed by atoms with van der Waals surface area (Å²) < 4.78 is 22.3. The third kappa shape index (κ3) is 5.31. The van der Waals surface area contributed by atoms with Gasteiger partial charge in [0.2, 0.25) is 0 Å². The van der Waals surface area contributed by atoms with E-state index in [1.165, 1.54) is 29.3 Å². The number of likely N-dealkylation sites (N-methyl/N-ethyl adjacent to an activating group) is 1. The highest BCUT2D eigenvalue weighted by Crippen LogP contribution is 2.20. The number of hydrogen-bond donors (Lipinski definition) is 1. The molecule has 36 heavy (non-hydrogen) atoms. The summed E-state index contributed by atoms with van der Waals surface area (Å²) in [5, 5.41) is 8.14. The third-order valence-electron chi connectivity index (χ3n) is 6.59. The van der Waals surface area contributed by atoms with Crippen LogP contribution in [0.2, 0.25) is 0 Å². The molecule has 8 nitrogen and oxygen atoms in total. The molecule has 0 bridgehead atoms. The molecule has 0 radical (unpaired) electrons. The van der Waals surface area contributed by atoms with Gasteiger partial charge < -0.3 is 9.64 Å². The minimum Gasteiger partial charge on any atom is -0.448 e. The number of carbonyl (C=O) groups excluding carboxylic acids is 1. The first-order valence-corrected chi connectivity index (χ1v) is 12.0. The van der Waals surface area contributed by atoms with E-state index >= 15 is 0 Å². The summed E-state index contributed by atoms with van der Waals surface area (Å²) in [6, 6.07) is 16.9. The van der Waals surface area contributed by atoms with Crippen molar-refractivity contribution < 1.29 is 13.9 Å². The van der Waals surface area contributed by atoms with Crippen LogP contribution >= 0.6 is 0 Å². The minimum absolute atomic E-state index is 0.206. The van der Waals surface area contributed by atoms with E-state index in [2.05, 4.69) is 22.4 Å². The number of anilines is 1. The fraction of sp³-hybridized carbons (Fsp3) is 0.296. The van der Waals surface area contributed by atoms with Gasteiger partial charge in [-0.25, -0.2) is 13.9 Å². The lowest BCUT2D eigenvalue weighted by molar-refractivity contribution is 0.0908. The number of fused-ring (bicyclic) bond motifs is 1. The van der Waals surface area contributed by atoms with Gasteiger partial charge in [-0.05, 0) is 74.5 Å². The van der Waals surface area contributed by atoms with Crippen molar-refractivity contribution in [3.8, 4) is 5.82 Å². The van der Waals surface area contributed by atoms with Crippen LogP contribution in [0.4, 0.5) is 14.9 Å². The molecular weight excluding hydrogens is 461 g/mol. The molecular formula is C27H28FN5O3. The molecule has 0 spiro atoms.